The van der Waals surface area contributed by atoms with Crippen molar-refractivity contribution < 1.29 is 0 Å². The van der Waals surface area contributed by atoms with Gasteiger partial charge in [-0.25, -0.2) is 4.98 Å². The molecule has 1 aliphatic rings. The Bertz CT molecular complexity index is 241. The third-order valence-electron chi connectivity index (χ3n) is 2.51. The SMILES string of the molecule is CCC1CCc2s[c]nc2C1. The summed E-state index contributed by atoms with van der Waals surface area (Å²) in [5.41, 5.74) is 4.30. The zero-order chi connectivity index (χ0) is 7.68. The summed E-state index contributed by atoms with van der Waals surface area (Å²) in [5.74, 6) is 0.887. The highest BCUT2D eigenvalue weighted by Crippen LogP contribution is 2.28. The van der Waals surface area contributed by atoms with Crippen LogP contribution in [0.3, 0.4) is 0 Å². The fraction of sp³-hybridized carbons (Fsp3) is 0.667. The number of hydrogen-bond acceptors (Lipinski definition) is 2. The summed E-state index contributed by atoms with van der Waals surface area (Å²) in [6.07, 6.45) is 5.11. The highest BCUT2D eigenvalue weighted by Gasteiger charge is 2.18. The van der Waals surface area contributed by atoms with E-state index < -0.39 is 0 Å². The van der Waals surface area contributed by atoms with Crippen LogP contribution in [0, 0.1) is 11.4 Å². The van der Waals surface area contributed by atoms with Gasteiger partial charge in [-0.2, -0.15) is 0 Å². The van der Waals surface area contributed by atoms with Crippen LogP contribution >= 0.6 is 11.3 Å². The predicted octanol–water partition coefficient (Wildman–Crippen LogP) is 2.46. The molecule has 1 nitrogen and oxygen atoms in total. The summed E-state index contributed by atoms with van der Waals surface area (Å²) >= 11 is 1.70. The lowest BCUT2D eigenvalue weighted by molar-refractivity contribution is 0.443. The molecular weight excluding hydrogens is 154 g/mol. The number of fused-ring (bicyclic) bond motifs is 1. The molecular formula is C9H12NS. The van der Waals surface area contributed by atoms with Gasteiger partial charge in [0.25, 0.3) is 0 Å². The molecule has 1 aliphatic carbocycles. The standard InChI is InChI=1S/C9H12NS/c1-2-7-3-4-9-8(5-7)10-6-11-9/h7H,2-5H2,1H3. The second-order valence-electron chi connectivity index (χ2n) is 3.19. The van der Waals surface area contributed by atoms with Gasteiger partial charge in [0.15, 0.2) is 5.51 Å². The van der Waals surface area contributed by atoms with Crippen LogP contribution in [0.4, 0.5) is 0 Å². The fourth-order valence-corrected chi connectivity index (χ4v) is 2.40. The molecule has 11 heavy (non-hydrogen) atoms. The van der Waals surface area contributed by atoms with Crippen LogP contribution < -0.4 is 0 Å². The first-order chi connectivity index (χ1) is 5.40. The quantitative estimate of drug-likeness (QED) is 0.624. The molecule has 1 aromatic rings. The molecule has 0 fully saturated rings. The van der Waals surface area contributed by atoms with E-state index in [0.717, 1.165) is 5.92 Å². The van der Waals surface area contributed by atoms with Crippen LogP contribution in [0.25, 0.3) is 0 Å². The molecule has 59 valence electrons. The van der Waals surface area contributed by atoms with Crippen molar-refractivity contribution in [3.8, 4) is 0 Å². The zero-order valence-electron chi connectivity index (χ0n) is 6.76. The minimum atomic E-state index is 0.887. The molecule has 0 N–H and O–H groups in total. The number of nitrogens with zero attached hydrogens (tertiary/aromatic N) is 1. The number of thiazole rings is 1. The first-order valence-corrected chi connectivity index (χ1v) is 5.06. The number of aromatic nitrogens is 1. The molecule has 1 radical (unpaired) electrons. The molecule has 0 bridgehead atoms. The Morgan fingerprint density at radius 3 is 3.45 bits per heavy atom. The summed E-state index contributed by atoms with van der Waals surface area (Å²) in [5, 5.41) is 0. The highest BCUT2D eigenvalue weighted by molar-refractivity contribution is 7.09. The third-order valence-corrected chi connectivity index (χ3v) is 3.38. The smallest absolute Gasteiger partial charge is 0.152 e. The average molecular weight is 166 g/mol. The van der Waals surface area contributed by atoms with Crippen molar-refractivity contribution in [2.75, 3.05) is 0 Å². The highest BCUT2D eigenvalue weighted by atomic mass is 32.1. The van der Waals surface area contributed by atoms with Crippen molar-refractivity contribution in [3.05, 3.63) is 16.1 Å². The Hall–Kier alpha value is -0.370. The Labute approximate surface area is 71.5 Å². The van der Waals surface area contributed by atoms with Crippen molar-refractivity contribution in [1.82, 2.24) is 4.98 Å². The largest absolute Gasteiger partial charge is 0.238 e. The first-order valence-electron chi connectivity index (χ1n) is 4.24. The second kappa shape index (κ2) is 2.94. The molecule has 0 spiro atoms. The number of hydrogen-bond donors (Lipinski definition) is 0. The molecule has 0 saturated carbocycles. The molecule has 2 rings (SSSR count). The minimum absolute atomic E-state index is 0.887. The Morgan fingerprint density at radius 2 is 2.64 bits per heavy atom. The van der Waals surface area contributed by atoms with Crippen LogP contribution in [0.1, 0.15) is 30.3 Å². The van der Waals surface area contributed by atoms with E-state index in [4.69, 9.17) is 0 Å². The van der Waals surface area contributed by atoms with Crippen LogP contribution in [0.5, 0.6) is 0 Å². The van der Waals surface area contributed by atoms with Gasteiger partial charge in [-0.05, 0) is 25.2 Å². The van der Waals surface area contributed by atoms with E-state index in [9.17, 15) is 0 Å². The molecule has 2 heteroatoms. The number of rotatable bonds is 1. The van der Waals surface area contributed by atoms with Gasteiger partial charge in [0.1, 0.15) is 0 Å². The monoisotopic (exact) mass is 166 g/mol. The number of aryl methyl sites for hydroxylation is 1. The van der Waals surface area contributed by atoms with E-state index in [-0.39, 0.29) is 0 Å². The molecule has 1 unspecified atom stereocenters. The molecule has 0 saturated heterocycles. The van der Waals surface area contributed by atoms with E-state index in [1.807, 2.05) is 0 Å². The van der Waals surface area contributed by atoms with Gasteiger partial charge >= 0.3 is 0 Å². The van der Waals surface area contributed by atoms with Crippen molar-refractivity contribution in [1.29, 1.82) is 0 Å². The van der Waals surface area contributed by atoms with E-state index in [1.54, 1.807) is 11.3 Å². The molecule has 1 heterocycles. The average Bonchev–Trinajstić information content (AvgIpc) is 2.50. The van der Waals surface area contributed by atoms with Crippen molar-refractivity contribution >= 4 is 11.3 Å². The van der Waals surface area contributed by atoms with E-state index in [2.05, 4.69) is 17.4 Å². The maximum atomic E-state index is 4.25. The summed E-state index contributed by atoms with van der Waals surface area (Å²) in [6, 6.07) is 0. The van der Waals surface area contributed by atoms with Crippen LogP contribution in [0.2, 0.25) is 0 Å². The molecule has 1 atom stereocenters. The fourth-order valence-electron chi connectivity index (χ4n) is 1.67. The van der Waals surface area contributed by atoms with Gasteiger partial charge in [-0.15, -0.1) is 11.3 Å². The minimum Gasteiger partial charge on any atom is -0.238 e. The summed E-state index contributed by atoms with van der Waals surface area (Å²) < 4.78 is 0. The maximum absolute atomic E-state index is 4.25. The second-order valence-corrected chi connectivity index (χ2v) is 4.07. The van der Waals surface area contributed by atoms with E-state index in [0.29, 0.717) is 0 Å². The van der Waals surface area contributed by atoms with Gasteiger partial charge in [0.2, 0.25) is 0 Å². The van der Waals surface area contributed by atoms with Crippen LogP contribution in [0.15, 0.2) is 0 Å². The Balaban J connectivity index is 2.18. The molecule has 1 aromatic heterocycles. The van der Waals surface area contributed by atoms with Crippen LogP contribution in [-0.4, -0.2) is 4.98 Å². The van der Waals surface area contributed by atoms with Crippen LogP contribution in [-0.2, 0) is 12.8 Å². The zero-order valence-corrected chi connectivity index (χ0v) is 7.58. The lowest BCUT2D eigenvalue weighted by atomic mass is 9.89. The lowest BCUT2D eigenvalue weighted by Gasteiger charge is -2.18. The summed E-state index contributed by atoms with van der Waals surface area (Å²) in [7, 11) is 0. The van der Waals surface area contributed by atoms with Crippen molar-refractivity contribution in [2.24, 2.45) is 5.92 Å². The van der Waals surface area contributed by atoms with Gasteiger partial charge in [0.05, 0.1) is 5.69 Å². The van der Waals surface area contributed by atoms with Gasteiger partial charge in [0, 0.05) is 4.88 Å². The predicted molar refractivity (Wildman–Crippen MR) is 46.8 cm³/mol. The van der Waals surface area contributed by atoms with Gasteiger partial charge in [-0.3, -0.25) is 0 Å². The van der Waals surface area contributed by atoms with E-state index in [1.165, 1.54) is 36.3 Å². The summed E-state index contributed by atoms with van der Waals surface area (Å²) in [4.78, 5) is 5.73. The topological polar surface area (TPSA) is 12.9 Å². The summed E-state index contributed by atoms with van der Waals surface area (Å²) in [6.45, 7) is 2.27. The lowest BCUT2D eigenvalue weighted by Crippen LogP contribution is -2.11. The van der Waals surface area contributed by atoms with Gasteiger partial charge < -0.3 is 0 Å². The van der Waals surface area contributed by atoms with Gasteiger partial charge in [-0.1, -0.05) is 13.3 Å². The normalized spacial score (nSPS) is 23.2. The maximum Gasteiger partial charge on any atom is 0.152 e. The molecule has 0 amide bonds. The third kappa shape index (κ3) is 1.32. The first kappa shape index (κ1) is 7.29. The molecule has 0 aromatic carbocycles. The van der Waals surface area contributed by atoms with Crippen molar-refractivity contribution in [2.45, 2.75) is 32.6 Å². The molecule has 0 aliphatic heterocycles. The van der Waals surface area contributed by atoms with E-state index >= 15 is 0 Å². The Morgan fingerprint density at radius 1 is 1.73 bits per heavy atom. The van der Waals surface area contributed by atoms with Crippen molar-refractivity contribution in [3.63, 3.8) is 0 Å². The Kier molecular flexibility index (Phi) is 1.95.